The minimum absolute atomic E-state index is 0.0924. The summed E-state index contributed by atoms with van der Waals surface area (Å²) in [5.74, 6) is -1.91. The second kappa shape index (κ2) is 21.2. The van der Waals surface area contributed by atoms with Gasteiger partial charge in [0.1, 0.15) is 25.4 Å². The van der Waals surface area contributed by atoms with Gasteiger partial charge in [0.15, 0.2) is 11.8 Å². The summed E-state index contributed by atoms with van der Waals surface area (Å²) in [5.41, 5.74) is 0.687. The van der Waals surface area contributed by atoms with Crippen LogP contribution in [-0.2, 0) is 30.3 Å². The fourth-order valence-electron chi connectivity index (χ4n) is 6.76. The van der Waals surface area contributed by atoms with Gasteiger partial charge in [-0.25, -0.2) is 9.78 Å². The highest BCUT2D eigenvalue weighted by atomic mass is 32.1. The third-order valence-corrected chi connectivity index (χ3v) is 10.8. The van der Waals surface area contributed by atoms with Gasteiger partial charge in [0.05, 0.1) is 36.3 Å². The molecule has 1 aromatic heterocycles. The maximum Gasteiger partial charge on any atom is 0.409 e. The molecule has 0 bridgehead atoms. The topological polar surface area (TPSA) is 177 Å². The van der Waals surface area contributed by atoms with E-state index in [9.17, 15) is 29.7 Å². The molecule has 286 valence electrons. The second-order valence-corrected chi connectivity index (χ2v) is 14.9. The second-order valence-electron chi connectivity index (χ2n) is 13.9. The number of likely N-dealkylation sites (N-methyl/N-ethyl adjacent to an activating group) is 2. The van der Waals surface area contributed by atoms with Gasteiger partial charge in [-0.1, -0.05) is 34.6 Å². The fourth-order valence-corrected chi connectivity index (χ4v) is 7.45. The molecule has 1 aromatic rings. The van der Waals surface area contributed by atoms with Gasteiger partial charge in [-0.3, -0.25) is 19.4 Å². The maximum absolute atomic E-state index is 14.0. The smallest absolute Gasteiger partial charge is 0.394 e. The molecule has 50 heavy (non-hydrogen) atoms. The summed E-state index contributed by atoms with van der Waals surface area (Å²) >= 11 is 1.47. The highest BCUT2D eigenvalue weighted by Crippen LogP contribution is 2.30. The van der Waals surface area contributed by atoms with Crippen LogP contribution in [0.4, 0.5) is 0 Å². The number of aromatic nitrogens is 1. The first-order valence-corrected chi connectivity index (χ1v) is 18.6. The number of nitrogens with zero attached hydrogens (tertiary/aromatic N) is 4. The summed E-state index contributed by atoms with van der Waals surface area (Å²) in [4.78, 5) is 48.3. The summed E-state index contributed by atoms with van der Waals surface area (Å²) in [6, 6.07) is -2.40. The molecule has 0 radical (unpaired) electrons. The highest BCUT2D eigenvalue weighted by Gasteiger charge is 2.43. The fraction of sp³-hybridized carbons (Fsp3) is 0.800. The van der Waals surface area contributed by atoms with Crippen molar-refractivity contribution >= 4 is 34.8 Å². The zero-order valence-electron chi connectivity index (χ0n) is 31.7. The van der Waals surface area contributed by atoms with E-state index in [1.54, 1.807) is 58.0 Å². The number of methoxy groups -OCH3 is 2. The molecule has 1 saturated heterocycles. The molecular weight excluding hydrogens is 664 g/mol. The zero-order valence-corrected chi connectivity index (χ0v) is 32.5. The van der Waals surface area contributed by atoms with Gasteiger partial charge in [-0.2, -0.15) is 4.58 Å². The predicted octanol–water partition coefficient (Wildman–Crippen LogP) is 0.721. The zero-order chi connectivity index (χ0) is 37.7. The summed E-state index contributed by atoms with van der Waals surface area (Å²) in [6.07, 6.45) is 2.36. The van der Waals surface area contributed by atoms with Crippen LogP contribution in [-0.4, -0.2) is 156 Å². The van der Waals surface area contributed by atoms with E-state index in [0.29, 0.717) is 31.5 Å². The molecule has 1 aliphatic rings. The minimum Gasteiger partial charge on any atom is -0.394 e. The van der Waals surface area contributed by atoms with Crippen molar-refractivity contribution in [3.05, 3.63) is 16.6 Å². The largest absolute Gasteiger partial charge is 0.409 e. The lowest BCUT2D eigenvalue weighted by Gasteiger charge is -2.37. The number of hydrogen-bond donors (Lipinski definition) is 5. The number of amides is 3. The molecular formula is C35H63N6O8S+. The first kappa shape index (κ1) is 43.8. The van der Waals surface area contributed by atoms with Crippen molar-refractivity contribution < 1.29 is 43.8 Å². The van der Waals surface area contributed by atoms with Crippen LogP contribution < -0.4 is 10.6 Å². The van der Waals surface area contributed by atoms with Gasteiger partial charge in [-0.15, -0.1) is 11.3 Å². The van der Waals surface area contributed by atoms with Crippen LogP contribution in [0.25, 0.3) is 0 Å². The number of carbonyl (C=O) groups is 3. The SMILES string of the molecule is CC[C@H](C)C([C@@H](CC(O)N1CCC[C@H]1[C@H](OC)[C@@H](C)C(=O)NC(CO)Cc1nccs1)OC)=[N+](C)C(=O)[C@@H](NC(=O)[C@H](CO)N(C)C)C(C)C. The van der Waals surface area contributed by atoms with Crippen LogP contribution in [0.1, 0.15) is 65.3 Å². The summed E-state index contributed by atoms with van der Waals surface area (Å²) < 4.78 is 13.5. The lowest BCUT2D eigenvalue weighted by molar-refractivity contribution is -0.427. The number of rotatable bonds is 21. The van der Waals surface area contributed by atoms with E-state index in [-0.39, 0.29) is 49.3 Å². The molecule has 3 amide bonds. The Balaban J connectivity index is 2.30. The van der Waals surface area contributed by atoms with E-state index in [4.69, 9.17) is 9.47 Å². The molecule has 9 atom stereocenters. The van der Waals surface area contributed by atoms with Gasteiger partial charge in [0, 0.05) is 57.1 Å². The highest BCUT2D eigenvalue weighted by molar-refractivity contribution is 7.09. The Morgan fingerprint density at radius 1 is 1.10 bits per heavy atom. The molecule has 0 aliphatic carbocycles. The van der Waals surface area contributed by atoms with Crippen molar-refractivity contribution in [2.45, 2.75) is 109 Å². The minimum atomic E-state index is -0.969. The number of hydrogen-bond acceptors (Lipinski definition) is 12. The molecule has 14 nitrogen and oxygen atoms in total. The van der Waals surface area contributed by atoms with Crippen molar-refractivity contribution in [1.29, 1.82) is 0 Å². The first-order valence-electron chi connectivity index (χ1n) is 17.7. The molecule has 2 heterocycles. The number of ether oxygens (including phenoxy) is 2. The first-order chi connectivity index (χ1) is 23.7. The Kier molecular flexibility index (Phi) is 18.6. The van der Waals surface area contributed by atoms with Gasteiger partial charge in [-0.05, 0) is 39.3 Å². The number of thiazole rings is 1. The van der Waals surface area contributed by atoms with Crippen molar-refractivity contribution in [2.24, 2.45) is 17.8 Å². The van der Waals surface area contributed by atoms with Crippen molar-refractivity contribution in [1.82, 2.24) is 25.4 Å². The molecule has 2 unspecified atom stereocenters. The lowest BCUT2D eigenvalue weighted by Crippen LogP contribution is -2.56. The Morgan fingerprint density at radius 2 is 1.78 bits per heavy atom. The molecule has 0 aromatic carbocycles. The molecule has 1 aliphatic heterocycles. The van der Waals surface area contributed by atoms with E-state index < -0.39 is 48.4 Å². The quantitative estimate of drug-likeness (QED) is 0.0892. The molecule has 2 rings (SSSR count). The van der Waals surface area contributed by atoms with Crippen LogP contribution >= 0.6 is 11.3 Å². The van der Waals surface area contributed by atoms with Crippen molar-refractivity contribution in [3.63, 3.8) is 0 Å². The molecule has 15 heteroatoms. The van der Waals surface area contributed by atoms with E-state index in [1.165, 1.54) is 11.3 Å². The van der Waals surface area contributed by atoms with Gasteiger partial charge >= 0.3 is 5.91 Å². The standard InChI is InChI=1S/C35H62N6O8S/c1-11-22(4)31(40(8)35(47)30(21(2)3)38-34(46)26(20-43)39(6)7)27(48-9)18-29(44)41-15-12-13-25(41)32(49-10)23(5)33(45)37-24(19-42)17-28-36-14-16-50-28/h14,16,21-27,29-30,32,42-44H,11-13,15,17-20H2,1-10H3,(H-,37,38,45,46)/p+1/t22-,23+,24?,25-,26-,27+,29?,30-,32+/m0/s1. The number of likely N-dealkylation sites (tertiary alicyclic amines) is 1. The Labute approximate surface area is 302 Å². The lowest BCUT2D eigenvalue weighted by atomic mass is 9.92. The molecule has 5 N–H and O–H groups in total. The normalized spacial score (nSPS) is 20.8. The van der Waals surface area contributed by atoms with Crippen LogP contribution in [0.15, 0.2) is 11.6 Å². The summed E-state index contributed by atoms with van der Waals surface area (Å²) in [7, 11) is 8.17. The van der Waals surface area contributed by atoms with Crippen LogP contribution in [0.2, 0.25) is 0 Å². The Hall–Kier alpha value is -2.37. The Bertz CT molecular complexity index is 1230. The molecule has 0 spiro atoms. The third-order valence-electron chi connectivity index (χ3n) is 9.96. The van der Waals surface area contributed by atoms with Gasteiger partial charge in [0.25, 0.3) is 0 Å². The summed E-state index contributed by atoms with van der Waals surface area (Å²) in [6.45, 7) is 9.50. The molecule has 1 fully saturated rings. The summed E-state index contributed by atoms with van der Waals surface area (Å²) in [5, 5.41) is 39.9. The Morgan fingerprint density at radius 3 is 2.28 bits per heavy atom. The van der Waals surface area contributed by atoms with E-state index in [0.717, 1.165) is 11.4 Å². The van der Waals surface area contributed by atoms with E-state index in [1.807, 2.05) is 38.0 Å². The van der Waals surface area contributed by atoms with Crippen LogP contribution in [0.5, 0.6) is 0 Å². The van der Waals surface area contributed by atoms with Gasteiger partial charge in [0.2, 0.25) is 11.8 Å². The number of carbonyl (C=O) groups excluding carboxylic acids is 3. The number of nitrogens with one attached hydrogen (secondary N) is 2. The van der Waals surface area contributed by atoms with Crippen LogP contribution in [0, 0.1) is 17.8 Å². The monoisotopic (exact) mass is 727 g/mol. The third kappa shape index (κ3) is 11.6. The van der Waals surface area contributed by atoms with Crippen molar-refractivity contribution in [2.75, 3.05) is 55.1 Å². The van der Waals surface area contributed by atoms with Crippen LogP contribution in [0.3, 0.4) is 0 Å². The van der Waals surface area contributed by atoms with Crippen molar-refractivity contribution in [3.8, 4) is 0 Å². The number of aliphatic hydroxyl groups excluding tert-OH is 3. The average Bonchev–Trinajstić information content (AvgIpc) is 3.79. The molecule has 0 saturated carbocycles. The average molecular weight is 728 g/mol. The number of aliphatic hydroxyl groups is 3. The van der Waals surface area contributed by atoms with E-state index >= 15 is 0 Å². The predicted molar refractivity (Wildman–Crippen MR) is 193 cm³/mol. The van der Waals surface area contributed by atoms with Gasteiger partial charge < -0.3 is 35.4 Å². The maximum atomic E-state index is 14.0. The van der Waals surface area contributed by atoms with E-state index in [2.05, 4.69) is 15.6 Å².